The van der Waals surface area contributed by atoms with Crippen LogP contribution < -0.4 is 5.32 Å². The van der Waals surface area contributed by atoms with Gasteiger partial charge in [0.1, 0.15) is 0 Å². The van der Waals surface area contributed by atoms with E-state index >= 15 is 0 Å². The number of nitrogens with one attached hydrogen (secondary N) is 1. The molecule has 0 saturated heterocycles. The molecule has 0 aliphatic carbocycles. The molecule has 1 amide bonds. The van der Waals surface area contributed by atoms with E-state index in [4.69, 9.17) is 0 Å². The number of rotatable bonds is 4. The summed E-state index contributed by atoms with van der Waals surface area (Å²) in [5, 5.41) is 2.30. The fourth-order valence-corrected chi connectivity index (χ4v) is 2.69. The summed E-state index contributed by atoms with van der Waals surface area (Å²) in [4.78, 5) is 12.0. The van der Waals surface area contributed by atoms with Crippen LogP contribution in [0.1, 0.15) is 36.5 Å². The lowest BCUT2D eigenvalue weighted by Gasteiger charge is -2.13. The second kappa shape index (κ2) is 8.03. The monoisotopic (exact) mass is 459 g/mol. The molecule has 0 aromatic heterocycles. The number of hydrogen-bond acceptors (Lipinski definition) is 1. The second-order valence-electron chi connectivity index (χ2n) is 5.83. The Morgan fingerprint density at radius 1 is 1.12 bits per heavy atom. The molecule has 2 rings (SSSR count). The minimum absolute atomic E-state index is 0.252. The van der Waals surface area contributed by atoms with Crippen LogP contribution in [0.5, 0.6) is 0 Å². The van der Waals surface area contributed by atoms with E-state index in [1.165, 1.54) is 23.8 Å². The fraction of sp³-hybridized carbons (Fsp3) is 0.211. The van der Waals surface area contributed by atoms with E-state index in [0.29, 0.717) is 9.49 Å². The van der Waals surface area contributed by atoms with E-state index in [2.05, 4.69) is 19.2 Å². The van der Waals surface area contributed by atoms with Gasteiger partial charge in [-0.3, -0.25) is 4.79 Å². The molecule has 0 heterocycles. The lowest BCUT2D eigenvalue weighted by atomic mass is 10.0. The highest BCUT2D eigenvalue weighted by atomic mass is 127. The molecule has 0 fully saturated rings. The third kappa shape index (κ3) is 5.59. The van der Waals surface area contributed by atoms with Crippen molar-refractivity contribution < 1.29 is 18.0 Å². The summed E-state index contributed by atoms with van der Waals surface area (Å²) in [6.07, 6.45) is -1.73. The van der Waals surface area contributed by atoms with Crippen molar-refractivity contribution in [1.29, 1.82) is 0 Å². The van der Waals surface area contributed by atoms with Gasteiger partial charge in [-0.1, -0.05) is 38.1 Å². The molecule has 25 heavy (non-hydrogen) atoms. The second-order valence-corrected chi connectivity index (χ2v) is 7.08. The van der Waals surface area contributed by atoms with Gasteiger partial charge in [0.05, 0.1) is 11.3 Å². The number of anilines is 1. The van der Waals surface area contributed by atoms with Gasteiger partial charge in [0.25, 0.3) is 0 Å². The van der Waals surface area contributed by atoms with E-state index in [1.54, 1.807) is 28.7 Å². The topological polar surface area (TPSA) is 29.1 Å². The predicted octanol–water partition coefficient (Wildman–Crippen LogP) is 6.09. The summed E-state index contributed by atoms with van der Waals surface area (Å²) >= 11 is 1.80. The van der Waals surface area contributed by atoms with Crippen molar-refractivity contribution in [1.82, 2.24) is 0 Å². The normalized spacial score (nSPS) is 12.0. The summed E-state index contributed by atoms with van der Waals surface area (Å²) in [6, 6.07) is 11.4. The highest BCUT2D eigenvalue weighted by Gasteiger charge is 2.34. The third-order valence-electron chi connectivity index (χ3n) is 3.58. The van der Waals surface area contributed by atoms with Crippen molar-refractivity contribution in [3.63, 3.8) is 0 Å². The summed E-state index contributed by atoms with van der Waals surface area (Å²) in [5.74, 6) is -0.206. The number of benzene rings is 2. The summed E-state index contributed by atoms with van der Waals surface area (Å²) in [7, 11) is 0. The number of carbonyl (C=O) groups excluding carboxylic acids is 1. The Bertz CT molecular complexity index is 780. The van der Waals surface area contributed by atoms with E-state index in [-0.39, 0.29) is 5.69 Å². The molecule has 0 spiro atoms. The zero-order valence-corrected chi connectivity index (χ0v) is 15.9. The van der Waals surface area contributed by atoms with Crippen LogP contribution >= 0.6 is 22.6 Å². The molecule has 0 aliphatic heterocycles. The van der Waals surface area contributed by atoms with E-state index in [9.17, 15) is 18.0 Å². The van der Waals surface area contributed by atoms with Gasteiger partial charge in [0, 0.05) is 9.65 Å². The van der Waals surface area contributed by atoms with Crippen molar-refractivity contribution in [2.45, 2.75) is 25.9 Å². The van der Waals surface area contributed by atoms with Gasteiger partial charge >= 0.3 is 6.18 Å². The molecule has 2 nitrogen and oxygen atoms in total. The molecule has 0 unspecified atom stereocenters. The smallest absolute Gasteiger partial charge is 0.322 e. The SMILES string of the molecule is CC(C)c1ccc(C=CC(=O)Nc2ccc(I)cc2C(F)(F)F)cc1. The van der Waals surface area contributed by atoms with E-state index < -0.39 is 17.6 Å². The average molecular weight is 459 g/mol. The van der Waals surface area contributed by atoms with Crippen LogP contribution in [-0.4, -0.2) is 5.91 Å². The van der Waals surface area contributed by atoms with Gasteiger partial charge in [-0.05, 0) is 63.9 Å². The predicted molar refractivity (Wildman–Crippen MR) is 102 cm³/mol. The van der Waals surface area contributed by atoms with Crippen molar-refractivity contribution in [3.05, 3.63) is 68.8 Å². The highest BCUT2D eigenvalue weighted by Crippen LogP contribution is 2.35. The van der Waals surface area contributed by atoms with Crippen LogP contribution in [0, 0.1) is 3.57 Å². The number of alkyl halides is 3. The van der Waals surface area contributed by atoms with Crippen LogP contribution in [0.25, 0.3) is 6.08 Å². The fourth-order valence-electron chi connectivity index (χ4n) is 2.20. The maximum atomic E-state index is 13.1. The molecular formula is C19H17F3INO. The minimum Gasteiger partial charge on any atom is -0.322 e. The summed E-state index contributed by atoms with van der Waals surface area (Å²) in [6.45, 7) is 4.16. The number of hydrogen-bond donors (Lipinski definition) is 1. The molecule has 132 valence electrons. The maximum Gasteiger partial charge on any atom is 0.418 e. The van der Waals surface area contributed by atoms with Crippen LogP contribution in [-0.2, 0) is 11.0 Å². The molecule has 0 radical (unpaired) electrons. The Morgan fingerprint density at radius 2 is 1.76 bits per heavy atom. The number of carbonyl (C=O) groups is 1. The lowest BCUT2D eigenvalue weighted by Crippen LogP contribution is -2.14. The van der Waals surface area contributed by atoms with Gasteiger partial charge in [-0.15, -0.1) is 0 Å². The standard InChI is InChI=1S/C19H17F3INO/c1-12(2)14-6-3-13(4-7-14)5-10-18(25)24-17-9-8-15(23)11-16(17)19(20,21)22/h3-12H,1-2H3,(H,24,25). The van der Waals surface area contributed by atoms with Crippen LogP contribution in [0.2, 0.25) is 0 Å². The van der Waals surface area contributed by atoms with Crippen molar-refractivity contribution in [2.75, 3.05) is 5.32 Å². The summed E-state index contributed by atoms with van der Waals surface area (Å²) < 4.78 is 39.6. The maximum absolute atomic E-state index is 13.1. The number of amides is 1. The first-order valence-electron chi connectivity index (χ1n) is 7.62. The van der Waals surface area contributed by atoms with Crippen molar-refractivity contribution >= 4 is 40.3 Å². The van der Waals surface area contributed by atoms with Crippen LogP contribution in [0.3, 0.4) is 0 Å². The zero-order chi connectivity index (χ0) is 18.6. The molecule has 2 aromatic carbocycles. The zero-order valence-electron chi connectivity index (χ0n) is 13.7. The first kappa shape index (κ1) is 19.5. The highest BCUT2D eigenvalue weighted by molar-refractivity contribution is 14.1. The molecule has 6 heteroatoms. The third-order valence-corrected chi connectivity index (χ3v) is 4.25. The largest absolute Gasteiger partial charge is 0.418 e. The van der Waals surface area contributed by atoms with Crippen LogP contribution in [0.15, 0.2) is 48.5 Å². The Hall–Kier alpha value is -1.83. The molecule has 1 N–H and O–H groups in total. The van der Waals surface area contributed by atoms with Gasteiger partial charge in [-0.2, -0.15) is 13.2 Å². The Kier molecular flexibility index (Phi) is 6.26. The van der Waals surface area contributed by atoms with Gasteiger partial charge in [0.2, 0.25) is 5.91 Å². The quantitative estimate of drug-likeness (QED) is 0.436. The molecule has 0 saturated carbocycles. The lowest BCUT2D eigenvalue weighted by molar-refractivity contribution is -0.137. The van der Waals surface area contributed by atoms with Crippen molar-refractivity contribution in [2.24, 2.45) is 0 Å². The first-order chi connectivity index (χ1) is 11.7. The molecule has 0 aliphatic rings. The Balaban J connectivity index is 2.12. The first-order valence-corrected chi connectivity index (χ1v) is 8.70. The van der Waals surface area contributed by atoms with Crippen molar-refractivity contribution in [3.8, 4) is 0 Å². The molecule has 0 bridgehead atoms. The van der Waals surface area contributed by atoms with Gasteiger partial charge in [-0.25, -0.2) is 0 Å². The Morgan fingerprint density at radius 3 is 2.32 bits per heavy atom. The van der Waals surface area contributed by atoms with E-state index in [1.807, 2.05) is 24.3 Å². The minimum atomic E-state index is -4.53. The molecule has 0 atom stereocenters. The average Bonchev–Trinajstić information content (AvgIpc) is 2.54. The number of halogens is 4. The van der Waals surface area contributed by atoms with E-state index in [0.717, 1.165) is 11.6 Å². The molecular weight excluding hydrogens is 442 g/mol. The van der Waals surface area contributed by atoms with Crippen LogP contribution in [0.4, 0.5) is 18.9 Å². The van der Waals surface area contributed by atoms with Gasteiger partial charge < -0.3 is 5.32 Å². The molecule has 2 aromatic rings. The van der Waals surface area contributed by atoms with Gasteiger partial charge in [0.15, 0.2) is 0 Å². The Labute approximate surface area is 158 Å². The summed E-state index contributed by atoms with van der Waals surface area (Å²) in [5.41, 5.74) is 0.869.